The third-order valence-electron chi connectivity index (χ3n) is 5.72. The second-order valence-electron chi connectivity index (χ2n) is 8.03. The van der Waals surface area contributed by atoms with Crippen molar-refractivity contribution in [1.29, 1.82) is 0 Å². The van der Waals surface area contributed by atoms with Crippen LogP contribution in [0.1, 0.15) is 25.5 Å². The van der Waals surface area contributed by atoms with Crippen molar-refractivity contribution in [3.63, 3.8) is 0 Å². The number of amides is 1. The molecule has 1 atom stereocenters. The summed E-state index contributed by atoms with van der Waals surface area (Å²) >= 11 is 0. The van der Waals surface area contributed by atoms with Crippen LogP contribution >= 0.6 is 0 Å². The quantitative estimate of drug-likeness (QED) is 0.788. The molecule has 0 spiro atoms. The number of rotatable bonds is 6. The van der Waals surface area contributed by atoms with Crippen molar-refractivity contribution in [2.75, 3.05) is 44.4 Å². The predicted octanol–water partition coefficient (Wildman–Crippen LogP) is 3.19. The lowest BCUT2D eigenvalue weighted by Gasteiger charge is -2.40. The Hall–Kier alpha value is -2.80. The Kier molecular flexibility index (Phi) is 6.08. The van der Waals surface area contributed by atoms with Gasteiger partial charge in [-0.15, -0.1) is 0 Å². The number of halogens is 1. The first-order valence-electron chi connectivity index (χ1n) is 10.4. The van der Waals surface area contributed by atoms with E-state index in [1.165, 1.54) is 12.1 Å². The fourth-order valence-corrected chi connectivity index (χ4v) is 3.92. The van der Waals surface area contributed by atoms with Crippen LogP contribution in [-0.4, -0.2) is 50.3 Å². The highest BCUT2D eigenvalue weighted by Gasteiger charge is 2.27. The van der Waals surface area contributed by atoms with Crippen LogP contribution in [0.25, 0.3) is 0 Å². The zero-order valence-electron chi connectivity index (χ0n) is 17.4. The van der Waals surface area contributed by atoms with Gasteiger partial charge in [-0.2, -0.15) is 0 Å². The highest BCUT2D eigenvalue weighted by atomic mass is 19.1. The van der Waals surface area contributed by atoms with Crippen LogP contribution < -0.4 is 19.7 Å². The first-order chi connectivity index (χ1) is 14.5. The van der Waals surface area contributed by atoms with E-state index in [0.29, 0.717) is 6.54 Å². The molecule has 160 valence electrons. The summed E-state index contributed by atoms with van der Waals surface area (Å²) < 4.78 is 24.2. The molecule has 0 aliphatic carbocycles. The molecule has 7 heteroatoms. The molecule has 0 saturated carbocycles. The van der Waals surface area contributed by atoms with Crippen molar-refractivity contribution < 1.29 is 18.7 Å². The van der Waals surface area contributed by atoms with Gasteiger partial charge in [0.05, 0.1) is 6.04 Å². The number of ether oxygens (including phenoxy) is 2. The van der Waals surface area contributed by atoms with Crippen LogP contribution in [-0.2, 0) is 4.79 Å². The minimum absolute atomic E-state index is 0.0394. The topological polar surface area (TPSA) is 54.0 Å². The largest absolute Gasteiger partial charge is 0.454 e. The predicted molar refractivity (Wildman–Crippen MR) is 113 cm³/mol. The maximum atomic E-state index is 13.2. The number of hydrogen-bond donors (Lipinski definition) is 1. The normalized spacial score (nSPS) is 17.3. The molecule has 1 saturated heterocycles. The zero-order chi connectivity index (χ0) is 21.1. The van der Waals surface area contributed by atoms with E-state index in [2.05, 4.69) is 15.1 Å². The molecule has 1 unspecified atom stereocenters. The van der Waals surface area contributed by atoms with Gasteiger partial charge in [0, 0.05) is 44.3 Å². The number of benzene rings is 2. The van der Waals surface area contributed by atoms with Crippen molar-refractivity contribution in [1.82, 2.24) is 10.2 Å². The third kappa shape index (κ3) is 4.51. The second kappa shape index (κ2) is 8.92. The van der Waals surface area contributed by atoms with Crippen LogP contribution in [0.4, 0.5) is 10.1 Å². The van der Waals surface area contributed by atoms with Gasteiger partial charge in [0.25, 0.3) is 0 Å². The van der Waals surface area contributed by atoms with Crippen LogP contribution in [0.3, 0.4) is 0 Å². The number of nitrogens with one attached hydrogen (secondary N) is 1. The highest BCUT2D eigenvalue weighted by Crippen LogP contribution is 2.35. The highest BCUT2D eigenvalue weighted by molar-refractivity contribution is 5.77. The Balaban J connectivity index is 1.48. The van der Waals surface area contributed by atoms with Gasteiger partial charge in [0.15, 0.2) is 11.5 Å². The molecular weight excluding hydrogens is 385 g/mol. The maximum absolute atomic E-state index is 13.2. The van der Waals surface area contributed by atoms with Gasteiger partial charge in [-0.1, -0.05) is 19.9 Å². The van der Waals surface area contributed by atoms with E-state index in [9.17, 15) is 9.18 Å². The SMILES string of the molecule is CC(C)C(=O)NCC(c1ccc2c(c1)OCO2)N1CCN(c2ccc(F)cc2)CC1. The van der Waals surface area contributed by atoms with Crippen LogP contribution in [0, 0.1) is 11.7 Å². The van der Waals surface area contributed by atoms with E-state index < -0.39 is 0 Å². The molecule has 0 aromatic heterocycles. The molecule has 1 fully saturated rings. The Morgan fingerprint density at radius 1 is 1.03 bits per heavy atom. The van der Waals surface area contributed by atoms with Crippen molar-refractivity contribution >= 4 is 11.6 Å². The lowest BCUT2D eigenvalue weighted by Crippen LogP contribution is -2.50. The summed E-state index contributed by atoms with van der Waals surface area (Å²) in [5, 5.41) is 3.09. The summed E-state index contributed by atoms with van der Waals surface area (Å²) in [6.45, 7) is 7.92. The number of anilines is 1. The third-order valence-corrected chi connectivity index (χ3v) is 5.72. The first-order valence-corrected chi connectivity index (χ1v) is 10.4. The van der Waals surface area contributed by atoms with Gasteiger partial charge in [-0.05, 0) is 42.0 Å². The lowest BCUT2D eigenvalue weighted by atomic mass is 10.0. The molecule has 0 radical (unpaired) electrons. The van der Waals surface area contributed by atoms with Crippen LogP contribution in [0.5, 0.6) is 11.5 Å². The molecule has 1 amide bonds. The Morgan fingerprint density at radius 2 is 1.73 bits per heavy atom. The van der Waals surface area contributed by atoms with Crippen LogP contribution in [0.2, 0.25) is 0 Å². The Morgan fingerprint density at radius 3 is 2.43 bits per heavy atom. The van der Waals surface area contributed by atoms with E-state index in [4.69, 9.17) is 9.47 Å². The van der Waals surface area contributed by atoms with Gasteiger partial charge in [-0.3, -0.25) is 9.69 Å². The van der Waals surface area contributed by atoms with Gasteiger partial charge < -0.3 is 19.7 Å². The molecule has 30 heavy (non-hydrogen) atoms. The summed E-state index contributed by atoms with van der Waals surface area (Å²) in [5.41, 5.74) is 2.13. The molecule has 0 bridgehead atoms. The number of carbonyl (C=O) groups excluding carboxylic acids is 1. The number of carbonyl (C=O) groups is 1. The molecule has 4 rings (SSSR count). The smallest absolute Gasteiger partial charge is 0.231 e. The van der Waals surface area contributed by atoms with Crippen molar-refractivity contribution in [3.05, 3.63) is 53.8 Å². The fourth-order valence-electron chi connectivity index (χ4n) is 3.92. The average Bonchev–Trinajstić information content (AvgIpc) is 3.23. The summed E-state index contributed by atoms with van der Waals surface area (Å²) in [6.07, 6.45) is 0. The second-order valence-corrected chi connectivity index (χ2v) is 8.03. The molecule has 2 aromatic carbocycles. The van der Waals surface area contributed by atoms with E-state index >= 15 is 0 Å². The molecule has 2 heterocycles. The average molecular weight is 413 g/mol. The molecule has 2 aliphatic rings. The summed E-state index contributed by atoms with van der Waals surface area (Å²) in [5.74, 6) is 1.27. The van der Waals surface area contributed by atoms with Crippen molar-refractivity contribution in [2.24, 2.45) is 5.92 Å². The van der Waals surface area contributed by atoms with Crippen molar-refractivity contribution in [3.8, 4) is 11.5 Å². The van der Waals surface area contributed by atoms with Gasteiger partial charge in [0.1, 0.15) is 5.82 Å². The number of nitrogens with zero attached hydrogens (tertiary/aromatic N) is 2. The summed E-state index contributed by atoms with van der Waals surface area (Å²) in [4.78, 5) is 16.9. The molecule has 6 nitrogen and oxygen atoms in total. The van der Waals surface area contributed by atoms with Crippen molar-refractivity contribution in [2.45, 2.75) is 19.9 Å². The fraction of sp³-hybridized carbons (Fsp3) is 0.435. The molecule has 1 N–H and O–H groups in total. The van der Waals surface area contributed by atoms with Gasteiger partial charge in [0.2, 0.25) is 12.7 Å². The molecule has 2 aliphatic heterocycles. The van der Waals surface area contributed by atoms with Gasteiger partial charge in [-0.25, -0.2) is 4.39 Å². The molecular formula is C23H28FN3O3. The number of hydrogen-bond acceptors (Lipinski definition) is 5. The van der Waals surface area contributed by atoms with E-state index in [1.807, 2.05) is 44.2 Å². The van der Waals surface area contributed by atoms with E-state index in [0.717, 1.165) is 48.9 Å². The standard InChI is InChI=1S/C23H28FN3O3/c1-16(2)23(28)25-14-20(17-3-8-21-22(13-17)30-15-29-21)27-11-9-26(10-12-27)19-6-4-18(24)5-7-19/h3-8,13,16,20H,9-12,14-15H2,1-2H3,(H,25,28). The monoisotopic (exact) mass is 413 g/mol. The minimum Gasteiger partial charge on any atom is -0.454 e. The summed E-state index contributed by atoms with van der Waals surface area (Å²) in [7, 11) is 0. The van der Waals surface area contributed by atoms with E-state index in [-0.39, 0.29) is 30.5 Å². The Bertz CT molecular complexity index is 880. The molecule has 2 aromatic rings. The zero-order valence-corrected chi connectivity index (χ0v) is 17.4. The lowest BCUT2D eigenvalue weighted by molar-refractivity contribution is -0.124. The number of piperazine rings is 1. The first kappa shape index (κ1) is 20.5. The maximum Gasteiger partial charge on any atom is 0.231 e. The minimum atomic E-state index is -0.221. The van der Waals surface area contributed by atoms with Gasteiger partial charge >= 0.3 is 0 Å². The summed E-state index contributed by atoms with van der Waals surface area (Å²) in [6, 6.07) is 12.7. The Labute approximate surface area is 176 Å². The van der Waals surface area contributed by atoms with E-state index in [1.54, 1.807) is 0 Å². The van der Waals surface area contributed by atoms with Crippen LogP contribution in [0.15, 0.2) is 42.5 Å². The number of fused-ring (bicyclic) bond motifs is 1.